The topological polar surface area (TPSA) is 51.1 Å². The summed E-state index contributed by atoms with van der Waals surface area (Å²) in [6, 6.07) is 14.6. The van der Waals surface area contributed by atoms with Crippen molar-refractivity contribution in [3.05, 3.63) is 53.6 Å². The van der Waals surface area contributed by atoms with Crippen molar-refractivity contribution in [3.8, 4) is 11.5 Å². The van der Waals surface area contributed by atoms with E-state index in [-0.39, 0.29) is 18.6 Å². The van der Waals surface area contributed by atoms with Crippen LogP contribution < -0.4 is 14.4 Å². The van der Waals surface area contributed by atoms with Gasteiger partial charge in [0.2, 0.25) is 0 Å². The Labute approximate surface area is 168 Å². The summed E-state index contributed by atoms with van der Waals surface area (Å²) in [5, 5.41) is 1.29. The number of benzene rings is 2. The van der Waals surface area contributed by atoms with Gasteiger partial charge in [-0.1, -0.05) is 35.5 Å². The zero-order valence-corrected chi connectivity index (χ0v) is 16.8. The molecule has 0 fully saturated rings. The van der Waals surface area contributed by atoms with Gasteiger partial charge in [-0.05, 0) is 50.2 Å². The van der Waals surface area contributed by atoms with Crippen molar-refractivity contribution in [1.29, 1.82) is 0 Å². The van der Waals surface area contributed by atoms with Gasteiger partial charge in [-0.25, -0.2) is 0 Å². The molecule has 0 N–H and O–H groups in total. The second-order valence-corrected chi connectivity index (χ2v) is 7.37. The Morgan fingerprint density at radius 3 is 2.44 bits per heavy atom. The molecule has 0 saturated heterocycles. The largest absolute Gasteiger partial charge is 0.490 e. The van der Waals surface area contributed by atoms with Crippen LogP contribution in [0, 0.1) is 0 Å². The van der Waals surface area contributed by atoms with Gasteiger partial charge >= 0.3 is 0 Å². The van der Waals surface area contributed by atoms with Crippen molar-refractivity contribution in [2.24, 2.45) is 4.99 Å². The number of anilines is 1. The summed E-state index contributed by atoms with van der Waals surface area (Å²) >= 11 is 7.55. The van der Waals surface area contributed by atoms with Crippen LogP contribution in [0.5, 0.6) is 11.5 Å². The lowest BCUT2D eigenvalue weighted by atomic mass is 10.3. The van der Waals surface area contributed by atoms with Crippen LogP contribution in [-0.4, -0.2) is 36.1 Å². The van der Waals surface area contributed by atoms with Gasteiger partial charge in [-0.3, -0.25) is 14.7 Å². The Hall–Kier alpha value is -2.18. The Kier molecular flexibility index (Phi) is 6.63. The first kappa shape index (κ1) is 19.6. The van der Waals surface area contributed by atoms with Crippen LogP contribution in [0.25, 0.3) is 0 Å². The fraction of sp³-hybridized carbons (Fsp3) is 0.300. The number of ether oxygens (including phenoxy) is 2. The van der Waals surface area contributed by atoms with Gasteiger partial charge in [-0.15, -0.1) is 0 Å². The number of carbonyl (C=O) groups excluding carboxylic acids is 1. The Morgan fingerprint density at radius 2 is 1.85 bits per heavy atom. The van der Waals surface area contributed by atoms with E-state index in [0.29, 0.717) is 34.0 Å². The third-order valence-electron chi connectivity index (χ3n) is 3.81. The lowest BCUT2D eigenvalue weighted by Crippen LogP contribution is -2.38. The van der Waals surface area contributed by atoms with Crippen LogP contribution in [-0.2, 0) is 4.79 Å². The van der Waals surface area contributed by atoms with Crippen LogP contribution in [0.3, 0.4) is 0 Å². The van der Waals surface area contributed by atoms with Crippen LogP contribution in [0.15, 0.2) is 53.5 Å². The monoisotopic (exact) mass is 404 g/mol. The lowest BCUT2D eigenvalue weighted by Gasteiger charge is -2.22. The molecule has 0 aliphatic carbocycles. The molecule has 2 aromatic carbocycles. The van der Waals surface area contributed by atoms with Gasteiger partial charge in [0.05, 0.1) is 18.3 Å². The van der Waals surface area contributed by atoms with Crippen LogP contribution in [0.2, 0.25) is 5.02 Å². The van der Waals surface area contributed by atoms with Crippen molar-refractivity contribution in [1.82, 2.24) is 0 Å². The number of carbonyl (C=O) groups is 1. The van der Waals surface area contributed by atoms with Crippen molar-refractivity contribution in [3.63, 3.8) is 0 Å². The molecule has 1 atom stereocenters. The number of halogens is 1. The van der Waals surface area contributed by atoms with Gasteiger partial charge in [0.15, 0.2) is 23.3 Å². The highest BCUT2D eigenvalue weighted by molar-refractivity contribution is 8.14. The van der Waals surface area contributed by atoms with E-state index < -0.39 is 0 Å². The minimum absolute atomic E-state index is 0.124. The molecule has 0 bridgehead atoms. The normalized spacial score (nSPS) is 16.0. The summed E-state index contributed by atoms with van der Waals surface area (Å²) in [7, 11) is 0. The number of rotatable bonds is 6. The molecule has 7 heteroatoms. The van der Waals surface area contributed by atoms with Crippen molar-refractivity contribution < 1.29 is 14.3 Å². The highest BCUT2D eigenvalue weighted by Crippen LogP contribution is 2.29. The number of nitrogens with zero attached hydrogens (tertiary/aromatic N) is 2. The van der Waals surface area contributed by atoms with Crippen LogP contribution in [0.4, 0.5) is 5.69 Å². The molecule has 142 valence electrons. The van der Waals surface area contributed by atoms with E-state index in [4.69, 9.17) is 21.1 Å². The molecular formula is C20H21ClN2O3S. The molecule has 5 nitrogen and oxygen atoms in total. The summed E-state index contributed by atoms with van der Waals surface area (Å²) in [5.74, 6) is 1.80. The predicted molar refractivity (Wildman–Crippen MR) is 111 cm³/mol. The average molecular weight is 405 g/mol. The average Bonchev–Trinajstić information content (AvgIpc) is 3.09. The van der Waals surface area contributed by atoms with E-state index in [9.17, 15) is 4.79 Å². The van der Waals surface area contributed by atoms with E-state index >= 15 is 0 Å². The van der Waals surface area contributed by atoms with Crippen LogP contribution >= 0.6 is 23.4 Å². The minimum Gasteiger partial charge on any atom is -0.490 e. The number of thioether (sulfide) groups is 1. The van der Waals surface area contributed by atoms with Gasteiger partial charge in [0.1, 0.15) is 0 Å². The number of aliphatic imine (C=N–C) groups is 1. The van der Waals surface area contributed by atoms with E-state index in [1.54, 1.807) is 47.0 Å². The molecular weight excluding hydrogens is 384 g/mol. The van der Waals surface area contributed by atoms with E-state index in [2.05, 4.69) is 4.99 Å². The maximum absolute atomic E-state index is 13.0. The number of hydrogen-bond acceptors (Lipinski definition) is 5. The van der Waals surface area contributed by atoms with E-state index in [0.717, 1.165) is 5.75 Å². The van der Waals surface area contributed by atoms with Crippen LogP contribution in [0.1, 0.15) is 13.8 Å². The lowest BCUT2D eigenvalue weighted by molar-refractivity contribution is -0.119. The molecule has 27 heavy (non-hydrogen) atoms. The molecule has 3 rings (SSSR count). The second-order valence-electron chi connectivity index (χ2n) is 5.95. The smallest absolute Gasteiger partial charge is 0.271 e. The number of amides is 1. The highest BCUT2D eigenvalue weighted by atomic mass is 35.5. The molecule has 0 spiro atoms. The molecule has 0 unspecified atom stereocenters. The standard InChI is InChI=1S/C20H21ClN2O3S/c1-3-25-17-6-4-5-7-18(17)26-12-19(24)23(20-22-14(2)13-27-20)16-10-8-15(21)9-11-16/h4-11,14H,3,12-13H2,1-2H3/t14-/m0/s1. The zero-order chi connectivity index (χ0) is 19.2. The summed E-state index contributed by atoms with van der Waals surface area (Å²) < 4.78 is 11.3. The molecule has 2 aromatic rings. The number of amidine groups is 1. The third kappa shape index (κ3) is 4.96. The Bertz CT molecular complexity index is 826. The van der Waals surface area contributed by atoms with Crippen molar-refractivity contribution >= 4 is 40.1 Å². The second kappa shape index (κ2) is 9.15. The first-order chi connectivity index (χ1) is 13.1. The Morgan fingerprint density at radius 1 is 1.19 bits per heavy atom. The quantitative estimate of drug-likeness (QED) is 0.703. The first-order valence-electron chi connectivity index (χ1n) is 8.72. The summed E-state index contributed by atoms with van der Waals surface area (Å²) in [4.78, 5) is 19.2. The molecule has 1 heterocycles. The highest BCUT2D eigenvalue weighted by Gasteiger charge is 2.27. The fourth-order valence-corrected chi connectivity index (χ4v) is 3.76. The van der Waals surface area contributed by atoms with Crippen molar-refractivity contribution in [2.75, 3.05) is 23.9 Å². The van der Waals surface area contributed by atoms with E-state index in [1.807, 2.05) is 32.0 Å². The van der Waals surface area contributed by atoms with Gasteiger partial charge in [0, 0.05) is 10.8 Å². The molecule has 1 aliphatic heterocycles. The summed E-state index contributed by atoms with van der Waals surface area (Å²) in [6.07, 6.45) is 0. The molecule has 1 amide bonds. The molecule has 0 radical (unpaired) electrons. The van der Waals surface area contributed by atoms with Gasteiger partial charge in [-0.2, -0.15) is 0 Å². The van der Waals surface area contributed by atoms with Crippen molar-refractivity contribution in [2.45, 2.75) is 19.9 Å². The minimum atomic E-state index is -0.205. The fourth-order valence-electron chi connectivity index (χ4n) is 2.58. The maximum atomic E-state index is 13.0. The molecule has 0 aromatic heterocycles. The predicted octanol–water partition coefficient (Wildman–Crippen LogP) is 4.64. The zero-order valence-electron chi connectivity index (χ0n) is 15.2. The number of para-hydroxylation sites is 2. The maximum Gasteiger partial charge on any atom is 0.271 e. The first-order valence-corrected chi connectivity index (χ1v) is 10.1. The Balaban J connectivity index is 1.79. The molecule has 0 saturated carbocycles. The third-order valence-corrected chi connectivity index (χ3v) is 5.26. The summed E-state index contributed by atoms with van der Waals surface area (Å²) in [6.45, 7) is 4.33. The SMILES string of the molecule is CCOc1ccccc1OCC(=O)N(C1=N[C@@H](C)CS1)c1ccc(Cl)cc1. The van der Waals surface area contributed by atoms with E-state index in [1.165, 1.54) is 0 Å². The van der Waals surface area contributed by atoms with Gasteiger partial charge in [0.25, 0.3) is 5.91 Å². The summed E-state index contributed by atoms with van der Waals surface area (Å²) in [5.41, 5.74) is 0.714. The number of hydrogen-bond donors (Lipinski definition) is 0. The van der Waals surface area contributed by atoms with Gasteiger partial charge < -0.3 is 9.47 Å². The molecule has 1 aliphatic rings.